The fraction of sp³-hybridized carbons (Fsp3) is 0.778. The molecular weight excluding hydrogens is 459 g/mol. The molecule has 2 unspecified atom stereocenters. The lowest BCUT2D eigenvalue weighted by molar-refractivity contribution is 0.0168. The van der Waals surface area contributed by atoms with Crippen molar-refractivity contribution in [1.29, 1.82) is 0 Å². The second-order valence-corrected chi connectivity index (χ2v) is 6.87. The van der Waals surface area contributed by atoms with E-state index >= 15 is 0 Å². The van der Waals surface area contributed by atoms with Gasteiger partial charge in [-0.3, -0.25) is 9.67 Å². The highest BCUT2D eigenvalue weighted by Crippen LogP contribution is 2.16. The van der Waals surface area contributed by atoms with Gasteiger partial charge in [-0.1, -0.05) is 0 Å². The van der Waals surface area contributed by atoms with Gasteiger partial charge in [-0.15, -0.1) is 24.0 Å². The number of likely N-dealkylation sites (N-methyl/N-ethyl adjacent to an activating group) is 1. The van der Waals surface area contributed by atoms with Gasteiger partial charge in [0, 0.05) is 52.2 Å². The Balaban J connectivity index is 0.00000364. The molecule has 0 amide bonds. The minimum atomic E-state index is 0. The SMILES string of the molecule is CN=C(NCCCOCC1CCCO1)NCC(c1cnn(C)c1)N(C)C.I. The lowest BCUT2D eigenvalue weighted by atomic mass is 10.1. The zero-order valence-corrected chi connectivity index (χ0v) is 19.3. The van der Waals surface area contributed by atoms with Gasteiger partial charge in [0.15, 0.2) is 5.96 Å². The molecular formula is C18H35IN6O2. The van der Waals surface area contributed by atoms with Gasteiger partial charge in [0.1, 0.15) is 0 Å². The van der Waals surface area contributed by atoms with Crippen LogP contribution >= 0.6 is 24.0 Å². The smallest absolute Gasteiger partial charge is 0.191 e. The molecule has 156 valence electrons. The molecule has 2 N–H and O–H groups in total. The van der Waals surface area contributed by atoms with Gasteiger partial charge in [-0.25, -0.2) is 0 Å². The Labute approximate surface area is 180 Å². The fourth-order valence-electron chi connectivity index (χ4n) is 3.00. The molecule has 1 aliphatic heterocycles. The molecule has 0 saturated carbocycles. The van der Waals surface area contributed by atoms with Gasteiger partial charge >= 0.3 is 0 Å². The monoisotopic (exact) mass is 494 g/mol. The first-order valence-corrected chi connectivity index (χ1v) is 9.39. The van der Waals surface area contributed by atoms with Crippen LogP contribution in [0.1, 0.15) is 30.9 Å². The number of nitrogens with zero attached hydrogens (tertiary/aromatic N) is 4. The van der Waals surface area contributed by atoms with Gasteiger partial charge in [0.25, 0.3) is 0 Å². The van der Waals surface area contributed by atoms with Gasteiger partial charge < -0.3 is 25.0 Å². The zero-order chi connectivity index (χ0) is 18.8. The van der Waals surface area contributed by atoms with E-state index in [9.17, 15) is 0 Å². The second kappa shape index (κ2) is 13.3. The Hall–Kier alpha value is -0.910. The summed E-state index contributed by atoms with van der Waals surface area (Å²) in [5, 5.41) is 11.0. The van der Waals surface area contributed by atoms with E-state index in [4.69, 9.17) is 9.47 Å². The number of nitrogens with one attached hydrogen (secondary N) is 2. The Morgan fingerprint density at radius 1 is 1.48 bits per heavy atom. The maximum atomic E-state index is 5.68. The summed E-state index contributed by atoms with van der Waals surface area (Å²) in [6.45, 7) is 3.91. The molecule has 1 fully saturated rings. The molecule has 0 bridgehead atoms. The van der Waals surface area contributed by atoms with E-state index in [0.717, 1.165) is 51.5 Å². The molecule has 2 atom stereocenters. The third kappa shape index (κ3) is 8.75. The van der Waals surface area contributed by atoms with E-state index in [2.05, 4.69) is 39.7 Å². The van der Waals surface area contributed by atoms with Crippen LogP contribution in [-0.4, -0.2) is 80.8 Å². The number of halogens is 1. The maximum absolute atomic E-state index is 5.68. The standard InChI is InChI=1S/C18H34N6O2.HI/c1-19-18(20-8-6-9-25-14-16-7-5-10-26-16)21-12-17(23(2)3)15-11-22-24(4)13-15;/h11,13,16-17H,5-10,12,14H2,1-4H3,(H2,19,20,21);1H. The highest BCUT2D eigenvalue weighted by molar-refractivity contribution is 14.0. The molecule has 1 aliphatic rings. The lowest BCUT2D eigenvalue weighted by Crippen LogP contribution is -2.42. The first-order chi connectivity index (χ1) is 12.6. The van der Waals surface area contributed by atoms with Crippen molar-refractivity contribution in [3.63, 3.8) is 0 Å². The molecule has 1 saturated heterocycles. The highest BCUT2D eigenvalue weighted by atomic mass is 127. The van der Waals surface area contributed by atoms with Crippen LogP contribution in [0.25, 0.3) is 0 Å². The molecule has 1 aromatic rings. The van der Waals surface area contributed by atoms with Crippen LogP contribution in [0.2, 0.25) is 0 Å². The molecule has 0 radical (unpaired) electrons. The quantitative estimate of drug-likeness (QED) is 0.222. The number of aromatic nitrogens is 2. The molecule has 8 nitrogen and oxygen atoms in total. The first-order valence-electron chi connectivity index (χ1n) is 9.39. The molecule has 0 spiro atoms. The predicted molar refractivity (Wildman–Crippen MR) is 119 cm³/mol. The van der Waals surface area contributed by atoms with Gasteiger partial charge in [-0.2, -0.15) is 5.10 Å². The Bertz CT molecular complexity index is 546. The zero-order valence-electron chi connectivity index (χ0n) is 17.0. The molecule has 9 heteroatoms. The summed E-state index contributed by atoms with van der Waals surface area (Å²) in [6, 6.07) is 0.233. The summed E-state index contributed by atoms with van der Waals surface area (Å²) in [5.74, 6) is 0.805. The van der Waals surface area contributed by atoms with Crippen LogP contribution in [0.5, 0.6) is 0 Å². The van der Waals surface area contributed by atoms with Crippen LogP contribution < -0.4 is 10.6 Å². The minimum Gasteiger partial charge on any atom is -0.379 e. The summed E-state index contributed by atoms with van der Waals surface area (Å²) in [4.78, 5) is 6.47. The Morgan fingerprint density at radius 2 is 2.30 bits per heavy atom. The summed E-state index contributed by atoms with van der Waals surface area (Å²) in [6.07, 6.45) is 7.48. The van der Waals surface area contributed by atoms with Crippen LogP contribution in [-0.2, 0) is 16.5 Å². The number of ether oxygens (including phenoxy) is 2. The third-order valence-corrected chi connectivity index (χ3v) is 4.51. The fourth-order valence-corrected chi connectivity index (χ4v) is 3.00. The third-order valence-electron chi connectivity index (χ3n) is 4.51. The molecule has 2 rings (SSSR count). The number of aryl methyl sites for hydroxylation is 1. The molecule has 2 heterocycles. The van der Waals surface area contributed by atoms with Crippen molar-refractivity contribution in [3.8, 4) is 0 Å². The molecule has 0 aliphatic carbocycles. The summed E-state index contributed by atoms with van der Waals surface area (Å²) in [7, 11) is 7.87. The van der Waals surface area contributed by atoms with Crippen molar-refractivity contribution in [3.05, 3.63) is 18.0 Å². The second-order valence-electron chi connectivity index (χ2n) is 6.87. The number of rotatable bonds is 10. The number of guanidine groups is 1. The summed E-state index contributed by atoms with van der Waals surface area (Å²) in [5.41, 5.74) is 1.18. The maximum Gasteiger partial charge on any atom is 0.191 e. The van der Waals surface area contributed by atoms with E-state index < -0.39 is 0 Å². The van der Waals surface area contributed by atoms with Crippen LogP contribution in [0.4, 0.5) is 0 Å². The van der Waals surface area contributed by atoms with Crippen LogP contribution in [0.15, 0.2) is 17.4 Å². The molecule has 27 heavy (non-hydrogen) atoms. The largest absolute Gasteiger partial charge is 0.379 e. The Kier molecular flexibility index (Phi) is 11.9. The average Bonchev–Trinajstić information content (AvgIpc) is 3.28. The molecule has 1 aromatic heterocycles. The van der Waals surface area contributed by atoms with E-state index in [0.29, 0.717) is 12.7 Å². The molecule has 0 aromatic carbocycles. The topological polar surface area (TPSA) is 75.9 Å². The van der Waals surface area contributed by atoms with Gasteiger partial charge in [-0.05, 0) is 33.4 Å². The average molecular weight is 494 g/mol. The normalized spacial score (nSPS) is 18.4. The minimum absolute atomic E-state index is 0. The van der Waals surface area contributed by atoms with Crippen LogP contribution in [0.3, 0.4) is 0 Å². The highest BCUT2D eigenvalue weighted by Gasteiger charge is 2.16. The van der Waals surface area contributed by atoms with Crippen molar-refractivity contribution >= 4 is 29.9 Å². The summed E-state index contributed by atoms with van der Waals surface area (Å²) < 4.78 is 13.1. The number of hydrogen-bond acceptors (Lipinski definition) is 5. The predicted octanol–water partition coefficient (Wildman–Crippen LogP) is 1.39. The first kappa shape index (κ1) is 24.1. The summed E-state index contributed by atoms with van der Waals surface area (Å²) >= 11 is 0. The van der Waals surface area contributed by atoms with Crippen molar-refractivity contribution < 1.29 is 9.47 Å². The van der Waals surface area contributed by atoms with Crippen molar-refractivity contribution in [2.75, 3.05) is 54.1 Å². The Morgan fingerprint density at radius 3 is 2.89 bits per heavy atom. The van der Waals surface area contributed by atoms with Crippen LogP contribution in [0, 0.1) is 0 Å². The van der Waals surface area contributed by atoms with Crippen molar-refractivity contribution in [2.24, 2.45) is 12.0 Å². The van der Waals surface area contributed by atoms with E-state index in [1.807, 2.05) is 24.1 Å². The van der Waals surface area contributed by atoms with Gasteiger partial charge in [0.05, 0.1) is 24.9 Å². The van der Waals surface area contributed by atoms with E-state index in [1.165, 1.54) is 5.56 Å². The number of hydrogen-bond donors (Lipinski definition) is 2. The van der Waals surface area contributed by atoms with Crippen molar-refractivity contribution in [2.45, 2.75) is 31.4 Å². The van der Waals surface area contributed by atoms with E-state index in [-0.39, 0.29) is 30.0 Å². The lowest BCUT2D eigenvalue weighted by Gasteiger charge is -2.24. The van der Waals surface area contributed by atoms with E-state index in [1.54, 1.807) is 7.05 Å². The number of aliphatic imine (C=N–C) groups is 1. The van der Waals surface area contributed by atoms with Crippen molar-refractivity contribution in [1.82, 2.24) is 25.3 Å². The van der Waals surface area contributed by atoms with Gasteiger partial charge in [0.2, 0.25) is 0 Å².